The minimum absolute atomic E-state index is 0.121. The second kappa shape index (κ2) is 9.21. The highest BCUT2D eigenvalue weighted by Gasteiger charge is 2.02. The first-order chi connectivity index (χ1) is 7.56. The number of hydrogen-bond acceptors (Lipinski definition) is 4. The lowest BCUT2D eigenvalue weighted by Gasteiger charge is -2.02. The van der Waals surface area contributed by atoms with E-state index in [0.29, 0.717) is 6.61 Å². The molecule has 0 fully saturated rings. The third-order valence-electron chi connectivity index (χ3n) is 1.55. The monoisotopic (exact) mass is 248 g/mol. The van der Waals surface area contributed by atoms with Gasteiger partial charge in [0.25, 0.3) is 0 Å². The summed E-state index contributed by atoms with van der Waals surface area (Å²) >= 11 is 5.58. The van der Waals surface area contributed by atoms with Crippen LogP contribution in [0.4, 0.5) is 0 Å². The van der Waals surface area contributed by atoms with Crippen LogP contribution in [0, 0.1) is 0 Å². The molecule has 5 heteroatoms. The van der Waals surface area contributed by atoms with E-state index in [2.05, 4.69) is 0 Å². The molecule has 0 rings (SSSR count). The van der Waals surface area contributed by atoms with Gasteiger partial charge in [-0.15, -0.1) is 11.6 Å². The highest BCUT2D eigenvalue weighted by molar-refractivity contribution is 6.20. The molecule has 0 N–H and O–H groups in total. The Kier molecular flexibility index (Phi) is 8.62. The van der Waals surface area contributed by atoms with Gasteiger partial charge in [-0.3, -0.25) is 0 Å². The van der Waals surface area contributed by atoms with E-state index in [1.807, 2.05) is 6.92 Å². The van der Waals surface area contributed by atoms with Crippen LogP contribution in [-0.2, 0) is 19.1 Å². The van der Waals surface area contributed by atoms with Crippen LogP contribution < -0.4 is 0 Å². The van der Waals surface area contributed by atoms with E-state index in [0.717, 1.165) is 25.0 Å². The molecule has 4 nitrogen and oxygen atoms in total. The van der Waals surface area contributed by atoms with Crippen molar-refractivity contribution in [2.24, 2.45) is 0 Å². The largest absolute Gasteiger partial charge is 0.463 e. The summed E-state index contributed by atoms with van der Waals surface area (Å²) in [7, 11) is 0. The lowest BCUT2D eigenvalue weighted by atomic mass is 10.4. The van der Waals surface area contributed by atoms with Crippen molar-refractivity contribution >= 4 is 23.5 Å². The van der Waals surface area contributed by atoms with Crippen LogP contribution in [0.5, 0.6) is 0 Å². The number of halogens is 1. The van der Waals surface area contributed by atoms with Gasteiger partial charge in [0.05, 0.1) is 12.0 Å². The van der Waals surface area contributed by atoms with Crippen LogP contribution >= 0.6 is 11.6 Å². The zero-order chi connectivity index (χ0) is 12.4. The Bertz CT molecular complexity index is 248. The van der Waals surface area contributed by atoms with Crippen LogP contribution in [-0.4, -0.2) is 30.5 Å². The van der Waals surface area contributed by atoms with Crippen molar-refractivity contribution in [1.82, 2.24) is 0 Å². The summed E-state index contributed by atoms with van der Waals surface area (Å²) < 4.78 is 9.51. The van der Waals surface area contributed by atoms with Gasteiger partial charge in [-0.25, -0.2) is 9.59 Å². The molecule has 0 saturated carbocycles. The van der Waals surface area contributed by atoms with Crippen molar-refractivity contribution in [3.63, 3.8) is 0 Å². The van der Waals surface area contributed by atoms with E-state index in [4.69, 9.17) is 21.1 Å². The normalized spacial score (nSPS) is 12.4. The Balaban J connectivity index is 3.71. The van der Waals surface area contributed by atoms with Crippen LogP contribution in [0.1, 0.15) is 26.7 Å². The summed E-state index contributed by atoms with van der Waals surface area (Å²) in [5.74, 6) is -1.13. The predicted octanol–water partition coefficient (Wildman–Crippen LogP) is 2.06. The van der Waals surface area contributed by atoms with Gasteiger partial charge >= 0.3 is 11.9 Å². The maximum Gasteiger partial charge on any atom is 0.331 e. The number of carbonyl (C=O) groups is 2. The molecule has 0 aliphatic heterocycles. The highest BCUT2D eigenvalue weighted by Crippen LogP contribution is 1.95. The first-order valence-corrected chi connectivity index (χ1v) is 5.65. The van der Waals surface area contributed by atoms with Crippen molar-refractivity contribution in [2.45, 2.75) is 32.1 Å². The van der Waals surface area contributed by atoms with E-state index < -0.39 is 11.9 Å². The van der Waals surface area contributed by atoms with Crippen molar-refractivity contribution < 1.29 is 19.1 Å². The molecule has 0 aliphatic carbocycles. The van der Waals surface area contributed by atoms with Crippen molar-refractivity contribution in [2.75, 3.05) is 13.2 Å². The van der Waals surface area contributed by atoms with Gasteiger partial charge in [0, 0.05) is 12.2 Å². The van der Waals surface area contributed by atoms with Crippen LogP contribution in [0.15, 0.2) is 12.2 Å². The minimum atomic E-state index is -0.597. The fraction of sp³-hybridized carbons (Fsp3) is 0.636. The maximum absolute atomic E-state index is 11.0. The van der Waals surface area contributed by atoms with Crippen LogP contribution in [0.25, 0.3) is 0 Å². The second-order valence-corrected chi connectivity index (χ2v) is 4.01. The molecule has 1 unspecified atom stereocenters. The second-order valence-electron chi connectivity index (χ2n) is 3.27. The first kappa shape index (κ1) is 15.0. The molecule has 0 radical (unpaired) electrons. The molecule has 0 aromatic heterocycles. The van der Waals surface area contributed by atoms with Crippen LogP contribution in [0.2, 0.25) is 0 Å². The van der Waals surface area contributed by atoms with Gasteiger partial charge in [0.2, 0.25) is 0 Å². The lowest BCUT2D eigenvalue weighted by molar-refractivity contribution is -0.140. The average molecular weight is 249 g/mol. The topological polar surface area (TPSA) is 52.6 Å². The molecule has 1 atom stereocenters. The summed E-state index contributed by atoms with van der Waals surface area (Å²) in [5, 5.41) is -0.242. The van der Waals surface area contributed by atoms with Gasteiger partial charge in [0.1, 0.15) is 6.61 Å². The van der Waals surface area contributed by atoms with Crippen LogP contribution in [0.3, 0.4) is 0 Å². The van der Waals surface area contributed by atoms with Gasteiger partial charge in [-0.05, 0) is 13.3 Å². The number of hydrogen-bond donors (Lipinski definition) is 0. The van der Waals surface area contributed by atoms with E-state index in [1.54, 1.807) is 6.92 Å². The molecule has 0 aliphatic rings. The number of alkyl halides is 1. The molecule has 16 heavy (non-hydrogen) atoms. The van der Waals surface area contributed by atoms with Gasteiger partial charge < -0.3 is 9.47 Å². The smallest absolute Gasteiger partial charge is 0.331 e. The Labute approximate surface area is 101 Å². The zero-order valence-electron chi connectivity index (χ0n) is 9.57. The molecular formula is C11H17ClO4. The van der Waals surface area contributed by atoms with E-state index in [1.165, 1.54) is 0 Å². The zero-order valence-corrected chi connectivity index (χ0v) is 10.3. The molecule has 0 aromatic carbocycles. The summed E-state index contributed by atoms with van der Waals surface area (Å²) in [6, 6.07) is 0. The molecule has 0 amide bonds. The third kappa shape index (κ3) is 9.52. The minimum Gasteiger partial charge on any atom is -0.463 e. The Morgan fingerprint density at radius 2 is 1.81 bits per heavy atom. The van der Waals surface area contributed by atoms with Gasteiger partial charge in [0.15, 0.2) is 0 Å². The molecule has 0 spiro atoms. The molecule has 0 saturated heterocycles. The van der Waals surface area contributed by atoms with Crippen molar-refractivity contribution in [3.05, 3.63) is 12.2 Å². The lowest BCUT2D eigenvalue weighted by Crippen LogP contribution is -2.10. The summed E-state index contributed by atoms with van der Waals surface area (Å²) in [4.78, 5) is 22.0. The summed E-state index contributed by atoms with van der Waals surface area (Å²) in [6.07, 6.45) is 3.85. The highest BCUT2D eigenvalue weighted by atomic mass is 35.5. The van der Waals surface area contributed by atoms with Gasteiger partial charge in [-0.1, -0.05) is 13.3 Å². The average Bonchev–Trinajstić information content (AvgIpc) is 2.24. The third-order valence-corrected chi connectivity index (χ3v) is 1.68. The Morgan fingerprint density at radius 1 is 1.25 bits per heavy atom. The fourth-order valence-corrected chi connectivity index (χ4v) is 0.809. The predicted molar refractivity (Wildman–Crippen MR) is 61.3 cm³/mol. The number of rotatable bonds is 7. The first-order valence-electron chi connectivity index (χ1n) is 5.22. The standard InChI is InChI=1S/C11H17ClO4/c1-3-4-7-15-10(13)5-6-11(14)16-8-9(2)12/h5-6,9H,3-4,7-8H2,1-2H3/b6-5+. The maximum atomic E-state index is 11.0. The Hall–Kier alpha value is -1.03. The summed E-state index contributed by atoms with van der Waals surface area (Å²) in [6.45, 7) is 4.19. The quantitative estimate of drug-likeness (QED) is 0.300. The number of esters is 2. The molecule has 92 valence electrons. The summed E-state index contributed by atoms with van der Waals surface area (Å²) in [5.41, 5.74) is 0. The number of unbranched alkanes of at least 4 members (excludes halogenated alkanes) is 1. The van der Waals surface area contributed by atoms with Gasteiger partial charge in [-0.2, -0.15) is 0 Å². The van der Waals surface area contributed by atoms with Crippen molar-refractivity contribution in [1.29, 1.82) is 0 Å². The van der Waals surface area contributed by atoms with E-state index in [9.17, 15) is 9.59 Å². The molecule has 0 bridgehead atoms. The molecular weight excluding hydrogens is 232 g/mol. The Morgan fingerprint density at radius 3 is 2.31 bits per heavy atom. The van der Waals surface area contributed by atoms with E-state index in [-0.39, 0.29) is 12.0 Å². The SMILES string of the molecule is CCCCOC(=O)/C=C/C(=O)OCC(C)Cl. The molecule has 0 heterocycles. The number of ether oxygens (including phenoxy) is 2. The van der Waals surface area contributed by atoms with Crippen molar-refractivity contribution in [3.8, 4) is 0 Å². The molecule has 0 aromatic rings. The van der Waals surface area contributed by atoms with E-state index >= 15 is 0 Å². The number of carbonyl (C=O) groups excluding carboxylic acids is 2. The fourth-order valence-electron chi connectivity index (χ4n) is 0.746.